The van der Waals surface area contributed by atoms with Crippen molar-refractivity contribution in [2.75, 3.05) is 0 Å². The Balaban J connectivity index is 1.91. The molecule has 2 saturated carbocycles. The fraction of sp³-hybridized carbons (Fsp3) is 0.368. The van der Waals surface area contributed by atoms with Gasteiger partial charge in [-0.05, 0) is 71.9 Å². The average molecular weight is 281 g/mol. The monoisotopic (exact) mass is 280 g/mol. The Morgan fingerprint density at radius 2 is 1.45 bits per heavy atom. The second-order valence-electron chi connectivity index (χ2n) is 6.65. The van der Waals surface area contributed by atoms with Gasteiger partial charge in [0.2, 0.25) is 0 Å². The van der Waals surface area contributed by atoms with Crippen LogP contribution >= 0.6 is 11.6 Å². The third kappa shape index (κ3) is 1.12. The van der Waals surface area contributed by atoms with Crippen LogP contribution in [0.1, 0.15) is 36.8 Å². The molecule has 0 unspecified atom stereocenters. The molecule has 1 spiro atoms. The van der Waals surface area contributed by atoms with E-state index in [1.165, 1.54) is 36.8 Å². The van der Waals surface area contributed by atoms with Crippen LogP contribution in [-0.4, -0.2) is 0 Å². The quantitative estimate of drug-likeness (QED) is 0.604. The SMILES string of the molecule is Clc1ccc2c(c1)-c1ccccc1C21C2CCC1CC2. The predicted molar refractivity (Wildman–Crippen MR) is 83.1 cm³/mol. The molecule has 1 heteroatoms. The van der Waals surface area contributed by atoms with E-state index in [1.807, 2.05) is 0 Å². The molecule has 0 aliphatic heterocycles. The third-order valence-electron chi connectivity index (χ3n) is 6.11. The lowest BCUT2D eigenvalue weighted by Gasteiger charge is -2.32. The molecule has 3 aliphatic carbocycles. The van der Waals surface area contributed by atoms with Crippen LogP contribution in [0.2, 0.25) is 5.02 Å². The van der Waals surface area contributed by atoms with Crippen molar-refractivity contribution in [2.24, 2.45) is 11.8 Å². The molecule has 100 valence electrons. The molecule has 20 heavy (non-hydrogen) atoms. The van der Waals surface area contributed by atoms with Crippen LogP contribution in [0.25, 0.3) is 11.1 Å². The minimum Gasteiger partial charge on any atom is -0.0843 e. The molecule has 0 atom stereocenters. The largest absolute Gasteiger partial charge is 0.0843 e. The van der Waals surface area contributed by atoms with E-state index in [0.717, 1.165) is 16.9 Å². The summed E-state index contributed by atoms with van der Waals surface area (Å²) < 4.78 is 0. The molecule has 2 bridgehead atoms. The van der Waals surface area contributed by atoms with E-state index in [2.05, 4.69) is 42.5 Å². The Morgan fingerprint density at radius 1 is 0.800 bits per heavy atom. The average Bonchev–Trinajstić information content (AvgIpc) is 3.12. The van der Waals surface area contributed by atoms with Gasteiger partial charge in [0.25, 0.3) is 0 Å². The number of hydrogen-bond acceptors (Lipinski definition) is 0. The Morgan fingerprint density at radius 3 is 2.20 bits per heavy atom. The highest BCUT2D eigenvalue weighted by molar-refractivity contribution is 6.31. The van der Waals surface area contributed by atoms with Crippen LogP contribution in [0.3, 0.4) is 0 Å². The standard InChI is InChI=1S/C19H17Cl/c20-14-9-10-18-16(11-14)15-3-1-2-4-17(15)19(18)12-5-6-13(19)8-7-12/h1-4,9-13H,5-8H2. The van der Waals surface area contributed by atoms with E-state index in [9.17, 15) is 0 Å². The highest BCUT2D eigenvalue weighted by Crippen LogP contribution is 2.67. The van der Waals surface area contributed by atoms with E-state index in [0.29, 0.717) is 5.41 Å². The minimum absolute atomic E-state index is 0.316. The van der Waals surface area contributed by atoms with Crippen LogP contribution in [0.4, 0.5) is 0 Å². The van der Waals surface area contributed by atoms with Gasteiger partial charge in [-0.3, -0.25) is 0 Å². The van der Waals surface area contributed by atoms with Crippen LogP contribution in [0, 0.1) is 11.8 Å². The molecule has 2 aromatic carbocycles. The van der Waals surface area contributed by atoms with Crippen molar-refractivity contribution in [1.29, 1.82) is 0 Å². The van der Waals surface area contributed by atoms with E-state index < -0.39 is 0 Å². The van der Waals surface area contributed by atoms with Crippen molar-refractivity contribution >= 4 is 11.6 Å². The number of hydrogen-bond donors (Lipinski definition) is 0. The van der Waals surface area contributed by atoms with Crippen LogP contribution < -0.4 is 0 Å². The lowest BCUT2D eigenvalue weighted by molar-refractivity contribution is 0.400. The molecule has 2 fully saturated rings. The zero-order valence-electron chi connectivity index (χ0n) is 11.4. The van der Waals surface area contributed by atoms with Crippen molar-refractivity contribution in [1.82, 2.24) is 0 Å². The number of benzene rings is 2. The van der Waals surface area contributed by atoms with Crippen LogP contribution in [-0.2, 0) is 5.41 Å². The van der Waals surface area contributed by atoms with Gasteiger partial charge in [-0.2, -0.15) is 0 Å². The van der Waals surface area contributed by atoms with Crippen molar-refractivity contribution in [3.05, 3.63) is 58.6 Å². The second-order valence-corrected chi connectivity index (χ2v) is 7.09. The van der Waals surface area contributed by atoms with Gasteiger partial charge in [-0.1, -0.05) is 41.9 Å². The Labute approximate surface area is 124 Å². The summed E-state index contributed by atoms with van der Waals surface area (Å²) in [5.41, 5.74) is 6.29. The van der Waals surface area contributed by atoms with Crippen molar-refractivity contribution in [3.8, 4) is 11.1 Å². The fourth-order valence-electron chi connectivity index (χ4n) is 5.54. The minimum atomic E-state index is 0.316. The van der Waals surface area contributed by atoms with Gasteiger partial charge in [0, 0.05) is 10.4 Å². The molecule has 0 aromatic heterocycles. The molecule has 0 N–H and O–H groups in total. The first-order valence-corrected chi connectivity index (χ1v) is 8.09. The number of halogens is 1. The summed E-state index contributed by atoms with van der Waals surface area (Å²) in [4.78, 5) is 0. The molecule has 0 saturated heterocycles. The van der Waals surface area contributed by atoms with Gasteiger partial charge < -0.3 is 0 Å². The van der Waals surface area contributed by atoms with Crippen molar-refractivity contribution in [2.45, 2.75) is 31.1 Å². The van der Waals surface area contributed by atoms with Crippen LogP contribution in [0.15, 0.2) is 42.5 Å². The Hall–Kier alpha value is -1.27. The molecule has 0 radical (unpaired) electrons. The highest BCUT2D eigenvalue weighted by atomic mass is 35.5. The molecule has 0 amide bonds. The lowest BCUT2D eigenvalue weighted by Crippen LogP contribution is -2.30. The zero-order valence-corrected chi connectivity index (χ0v) is 12.2. The van der Waals surface area contributed by atoms with Gasteiger partial charge in [-0.15, -0.1) is 0 Å². The maximum Gasteiger partial charge on any atom is 0.0412 e. The van der Waals surface area contributed by atoms with E-state index >= 15 is 0 Å². The van der Waals surface area contributed by atoms with Gasteiger partial charge in [0.1, 0.15) is 0 Å². The molecular formula is C19H17Cl. The maximum absolute atomic E-state index is 6.27. The summed E-state index contributed by atoms with van der Waals surface area (Å²) in [7, 11) is 0. The Kier molecular flexibility index (Phi) is 2.10. The zero-order chi connectivity index (χ0) is 13.3. The third-order valence-corrected chi connectivity index (χ3v) is 6.34. The summed E-state index contributed by atoms with van der Waals surface area (Å²) in [5.74, 6) is 1.69. The predicted octanol–water partition coefficient (Wildman–Crippen LogP) is 5.43. The summed E-state index contributed by atoms with van der Waals surface area (Å²) in [6, 6.07) is 15.6. The molecule has 2 aromatic rings. The van der Waals surface area contributed by atoms with Crippen molar-refractivity contribution in [3.63, 3.8) is 0 Å². The van der Waals surface area contributed by atoms with Gasteiger partial charge >= 0.3 is 0 Å². The summed E-state index contributed by atoms with van der Waals surface area (Å²) >= 11 is 6.27. The molecule has 0 nitrogen and oxygen atoms in total. The second kappa shape index (κ2) is 3.68. The molecule has 5 rings (SSSR count). The van der Waals surface area contributed by atoms with Crippen LogP contribution in [0.5, 0.6) is 0 Å². The summed E-state index contributed by atoms with van der Waals surface area (Å²) in [6.07, 6.45) is 5.62. The maximum atomic E-state index is 6.27. The van der Waals surface area contributed by atoms with E-state index in [1.54, 1.807) is 11.1 Å². The highest BCUT2D eigenvalue weighted by Gasteiger charge is 2.59. The Bertz CT molecular complexity index is 695. The molecule has 3 aliphatic rings. The fourth-order valence-corrected chi connectivity index (χ4v) is 5.71. The first kappa shape index (κ1) is 11.4. The first-order chi connectivity index (χ1) is 9.81. The van der Waals surface area contributed by atoms with Gasteiger partial charge in [-0.25, -0.2) is 0 Å². The first-order valence-electron chi connectivity index (χ1n) is 7.71. The molecular weight excluding hydrogens is 264 g/mol. The van der Waals surface area contributed by atoms with Gasteiger partial charge in [0.05, 0.1) is 0 Å². The van der Waals surface area contributed by atoms with Gasteiger partial charge in [0.15, 0.2) is 0 Å². The topological polar surface area (TPSA) is 0 Å². The normalized spacial score (nSPS) is 32.6. The number of fused-ring (bicyclic) bond motifs is 3. The van der Waals surface area contributed by atoms with Crippen molar-refractivity contribution < 1.29 is 0 Å². The smallest absolute Gasteiger partial charge is 0.0412 e. The molecule has 0 heterocycles. The number of rotatable bonds is 0. The van der Waals surface area contributed by atoms with E-state index in [4.69, 9.17) is 11.6 Å². The lowest BCUT2D eigenvalue weighted by atomic mass is 9.70. The van der Waals surface area contributed by atoms with E-state index in [-0.39, 0.29) is 0 Å². The summed E-state index contributed by atoms with van der Waals surface area (Å²) in [5, 5.41) is 0.862. The summed E-state index contributed by atoms with van der Waals surface area (Å²) in [6.45, 7) is 0.